The SMILES string of the molecule is O[C@@H](c1ccccc1)c1ncncc1Br. The Hall–Kier alpha value is -1.26. The minimum Gasteiger partial charge on any atom is -0.382 e. The van der Waals surface area contributed by atoms with Gasteiger partial charge < -0.3 is 5.11 Å². The second-order valence-corrected chi connectivity index (χ2v) is 3.92. The summed E-state index contributed by atoms with van der Waals surface area (Å²) in [7, 11) is 0. The highest BCUT2D eigenvalue weighted by Crippen LogP contribution is 2.25. The molecule has 0 unspecified atom stereocenters. The monoisotopic (exact) mass is 264 g/mol. The van der Waals surface area contributed by atoms with Gasteiger partial charge in [-0.25, -0.2) is 9.97 Å². The molecule has 2 aromatic rings. The lowest BCUT2D eigenvalue weighted by Gasteiger charge is -2.11. The molecule has 1 aromatic heterocycles. The van der Waals surface area contributed by atoms with Crippen LogP contribution in [-0.2, 0) is 0 Å². The number of hydrogen-bond acceptors (Lipinski definition) is 3. The normalized spacial score (nSPS) is 12.4. The van der Waals surface area contributed by atoms with Crippen molar-refractivity contribution in [3.8, 4) is 0 Å². The first kappa shape index (κ1) is 10.3. The van der Waals surface area contributed by atoms with Crippen molar-refractivity contribution in [2.24, 2.45) is 0 Å². The maximum absolute atomic E-state index is 10.1. The molecule has 2 rings (SSSR count). The molecule has 1 N–H and O–H groups in total. The highest BCUT2D eigenvalue weighted by atomic mass is 79.9. The zero-order valence-electron chi connectivity index (χ0n) is 7.84. The summed E-state index contributed by atoms with van der Waals surface area (Å²) >= 11 is 3.31. The Morgan fingerprint density at radius 3 is 2.60 bits per heavy atom. The van der Waals surface area contributed by atoms with Gasteiger partial charge in [-0.05, 0) is 21.5 Å². The van der Waals surface area contributed by atoms with Crippen LogP contribution in [0.15, 0.2) is 47.3 Å². The summed E-state index contributed by atoms with van der Waals surface area (Å²) in [6, 6.07) is 9.39. The van der Waals surface area contributed by atoms with E-state index in [-0.39, 0.29) is 0 Å². The van der Waals surface area contributed by atoms with Gasteiger partial charge in [0.05, 0.1) is 10.2 Å². The molecular formula is C11H9BrN2O. The first-order valence-electron chi connectivity index (χ1n) is 4.47. The van der Waals surface area contributed by atoms with Crippen LogP contribution in [0.25, 0.3) is 0 Å². The van der Waals surface area contributed by atoms with E-state index < -0.39 is 6.10 Å². The van der Waals surface area contributed by atoms with Crippen molar-refractivity contribution < 1.29 is 5.11 Å². The number of hydrogen-bond donors (Lipinski definition) is 1. The van der Waals surface area contributed by atoms with Crippen LogP contribution in [-0.4, -0.2) is 15.1 Å². The number of aromatic nitrogens is 2. The molecule has 0 aliphatic rings. The molecular weight excluding hydrogens is 256 g/mol. The fourth-order valence-corrected chi connectivity index (χ4v) is 1.75. The van der Waals surface area contributed by atoms with Crippen LogP contribution >= 0.6 is 15.9 Å². The van der Waals surface area contributed by atoms with E-state index in [1.165, 1.54) is 6.33 Å². The lowest BCUT2D eigenvalue weighted by molar-refractivity contribution is 0.214. The van der Waals surface area contributed by atoms with Gasteiger partial charge in [-0.15, -0.1) is 0 Å². The van der Waals surface area contributed by atoms with Gasteiger partial charge in [0.25, 0.3) is 0 Å². The summed E-state index contributed by atoms with van der Waals surface area (Å²) in [6.07, 6.45) is 2.32. The third-order valence-electron chi connectivity index (χ3n) is 2.07. The Morgan fingerprint density at radius 2 is 1.93 bits per heavy atom. The van der Waals surface area contributed by atoms with Gasteiger partial charge in [-0.2, -0.15) is 0 Å². The zero-order valence-corrected chi connectivity index (χ0v) is 9.42. The molecule has 1 atom stereocenters. The summed E-state index contributed by atoms with van der Waals surface area (Å²) in [5, 5.41) is 10.1. The van der Waals surface area contributed by atoms with Crippen molar-refractivity contribution in [2.45, 2.75) is 6.10 Å². The van der Waals surface area contributed by atoms with E-state index in [4.69, 9.17) is 0 Å². The van der Waals surface area contributed by atoms with E-state index in [0.717, 1.165) is 5.56 Å². The minimum atomic E-state index is -0.719. The first-order chi connectivity index (χ1) is 7.29. The molecule has 0 bridgehead atoms. The summed E-state index contributed by atoms with van der Waals surface area (Å²) in [5.41, 5.74) is 1.40. The number of aliphatic hydroxyl groups is 1. The van der Waals surface area contributed by atoms with Crippen molar-refractivity contribution in [3.05, 3.63) is 58.6 Å². The first-order valence-corrected chi connectivity index (χ1v) is 5.27. The van der Waals surface area contributed by atoms with Crippen LogP contribution in [0.4, 0.5) is 0 Å². The van der Waals surface area contributed by atoms with Gasteiger partial charge in [0.15, 0.2) is 0 Å². The summed E-state index contributed by atoms with van der Waals surface area (Å²) in [5.74, 6) is 0. The van der Waals surface area contributed by atoms with Crippen LogP contribution in [0.3, 0.4) is 0 Å². The highest BCUT2D eigenvalue weighted by molar-refractivity contribution is 9.10. The van der Waals surface area contributed by atoms with Crippen LogP contribution in [0.1, 0.15) is 17.4 Å². The quantitative estimate of drug-likeness (QED) is 0.906. The van der Waals surface area contributed by atoms with Gasteiger partial charge in [0.1, 0.15) is 12.4 Å². The van der Waals surface area contributed by atoms with Gasteiger partial charge in [-0.1, -0.05) is 30.3 Å². The second kappa shape index (κ2) is 4.51. The standard InChI is InChI=1S/C11H9BrN2O/c12-9-6-13-7-14-10(9)11(15)8-4-2-1-3-5-8/h1-7,11,15H/t11-/m0/s1. The van der Waals surface area contributed by atoms with Crippen LogP contribution < -0.4 is 0 Å². The van der Waals surface area contributed by atoms with Gasteiger partial charge in [0, 0.05) is 6.20 Å². The average molecular weight is 265 g/mol. The third-order valence-corrected chi connectivity index (χ3v) is 2.68. The summed E-state index contributed by atoms with van der Waals surface area (Å²) in [6.45, 7) is 0. The van der Waals surface area contributed by atoms with E-state index in [1.807, 2.05) is 30.3 Å². The van der Waals surface area contributed by atoms with Gasteiger partial charge in [0.2, 0.25) is 0 Å². The van der Waals surface area contributed by atoms with Crippen LogP contribution in [0.5, 0.6) is 0 Å². The molecule has 0 fully saturated rings. The fourth-order valence-electron chi connectivity index (χ4n) is 1.32. The maximum atomic E-state index is 10.1. The largest absolute Gasteiger partial charge is 0.382 e. The molecule has 0 saturated carbocycles. The Kier molecular flexibility index (Phi) is 3.08. The van der Waals surface area contributed by atoms with Crippen molar-refractivity contribution in [3.63, 3.8) is 0 Å². The average Bonchev–Trinajstić information content (AvgIpc) is 2.30. The van der Waals surface area contributed by atoms with Crippen molar-refractivity contribution >= 4 is 15.9 Å². The number of rotatable bonds is 2. The zero-order chi connectivity index (χ0) is 10.7. The molecule has 3 nitrogen and oxygen atoms in total. The molecule has 76 valence electrons. The number of aliphatic hydroxyl groups excluding tert-OH is 1. The van der Waals surface area contributed by atoms with E-state index in [2.05, 4.69) is 25.9 Å². The number of nitrogens with zero attached hydrogens (tertiary/aromatic N) is 2. The lowest BCUT2D eigenvalue weighted by Crippen LogP contribution is -2.03. The van der Waals surface area contributed by atoms with Crippen LogP contribution in [0.2, 0.25) is 0 Å². The predicted octanol–water partition coefficient (Wildman–Crippen LogP) is 2.32. The van der Waals surface area contributed by atoms with E-state index in [9.17, 15) is 5.11 Å². The van der Waals surface area contributed by atoms with Crippen molar-refractivity contribution in [1.82, 2.24) is 9.97 Å². The Balaban J connectivity index is 2.37. The maximum Gasteiger partial charge on any atom is 0.122 e. The van der Waals surface area contributed by atoms with Crippen molar-refractivity contribution in [2.75, 3.05) is 0 Å². The molecule has 0 spiro atoms. The molecule has 1 heterocycles. The van der Waals surface area contributed by atoms with Gasteiger partial charge in [-0.3, -0.25) is 0 Å². The van der Waals surface area contributed by atoms with E-state index in [1.54, 1.807) is 6.20 Å². The third kappa shape index (κ3) is 2.22. The number of halogens is 1. The molecule has 0 amide bonds. The molecule has 4 heteroatoms. The van der Waals surface area contributed by atoms with Crippen LogP contribution in [0, 0.1) is 0 Å². The smallest absolute Gasteiger partial charge is 0.122 e. The lowest BCUT2D eigenvalue weighted by atomic mass is 10.1. The highest BCUT2D eigenvalue weighted by Gasteiger charge is 2.14. The Morgan fingerprint density at radius 1 is 1.20 bits per heavy atom. The molecule has 15 heavy (non-hydrogen) atoms. The predicted molar refractivity (Wildman–Crippen MR) is 60.2 cm³/mol. The van der Waals surface area contributed by atoms with E-state index in [0.29, 0.717) is 10.2 Å². The van der Waals surface area contributed by atoms with Gasteiger partial charge >= 0.3 is 0 Å². The molecule has 0 radical (unpaired) electrons. The second-order valence-electron chi connectivity index (χ2n) is 3.07. The fraction of sp³-hybridized carbons (Fsp3) is 0.0909. The van der Waals surface area contributed by atoms with E-state index >= 15 is 0 Å². The molecule has 0 aliphatic carbocycles. The topological polar surface area (TPSA) is 46.0 Å². The number of benzene rings is 1. The molecule has 0 saturated heterocycles. The molecule has 1 aromatic carbocycles. The van der Waals surface area contributed by atoms with Crippen molar-refractivity contribution in [1.29, 1.82) is 0 Å². The summed E-state index contributed by atoms with van der Waals surface area (Å²) < 4.78 is 0.710. The molecule has 0 aliphatic heterocycles. The summed E-state index contributed by atoms with van der Waals surface area (Å²) in [4.78, 5) is 7.90. The Labute approximate surface area is 96.0 Å². The minimum absolute atomic E-state index is 0.580. The Bertz CT molecular complexity index is 447.